The van der Waals surface area contributed by atoms with Gasteiger partial charge in [0.25, 0.3) is 0 Å². The van der Waals surface area contributed by atoms with E-state index < -0.39 is 5.97 Å². The van der Waals surface area contributed by atoms with E-state index >= 15 is 0 Å². The van der Waals surface area contributed by atoms with Gasteiger partial charge >= 0.3 is 5.97 Å². The number of benzene rings is 1. The number of anilines is 1. The highest BCUT2D eigenvalue weighted by Crippen LogP contribution is 2.28. The molecule has 0 bridgehead atoms. The number of hydrogen-bond acceptors (Lipinski definition) is 5. The molecule has 0 amide bonds. The highest BCUT2D eigenvalue weighted by molar-refractivity contribution is 8.13. The van der Waals surface area contributed by atoms with Crippen molar-refractivity contribution in [2.45, 2.75) is 12.8 Å². The Morgan fingerprint density at radius 2 is 2.19 bits per heavy atom. The van der Waals surface area contributed by atoms with Crippen LogP contribution in [0.4, 0.5) is 11.4 Å². The molecule has 6 nitrogen and oxygen atoms in total. The second kappa shape index (κ2) is 6.99. The summed E-state index contributed by atoms with van der Waals surface area (Å²) in [7, 11) is 0. The van der Waals surface area contributed by atoms with Crippen molar-refractivity contribution in [2.75, 3.05) is 24.2 Å². The van der Waals surface area contributed by atoms with E-state index in [0.717, 1.165) is 31.6 Å². The molecule has 0 spiro atoms. The van der Waals surface area contributed by atoms with Crippen molar-refractivity contribution in [3.8, 4) is 6.19 Å². The van der Waals surface area contributed by atoms with E-state index in [0.29, 0.717) is 10.9 Å². The van der Waals surface area contributed by atoms with Gasteiger partial charge in [-0.05, 0) is 37.3 Å². The Bertz CT molecular complexity index is 603. The van der Waals surface area contributed by atoms with E-state index in [-0.39, 0.29) is 5.56 Å². The summed E-state index contributed by atoms with van der Waals surface area (Å²) in [6.45, 7) is 1.77. The van der Waals surface area contributed by atoms with Gasteiger partial charge < -0.3 is 10.0 Å². The molecule has 0 unspecified atom stereocenters. The van der Waals surface area contributed by atoms with E-state index in [4.69, 9.17) is 5.26 Å². The monoisotopic (exact) mass is 304 g/mol. The Morgan fingerprint density at radius 3 is 2.76 bits per heavy atom. The van der Waals surface area contributed by atoms with Gasteiger partial charge in [0.1, 0.15) is 0 Å². The standard InChI is InChI=1S/C14H16N4O2S/c1-21-14(16-9-15)17-10-4-5-12(11(8-10)13(19)20)18-6-2-3-7-18/h4-5,8H,2-3,6-7H2,1H3,(H,16,17)(H,19,20). The van der Waals surface area contributed by atoms with E-state index in [9.17, 15) is 9.90 Å². The molecule has 2 N–H and O–H groups in total. The average molecular weight is 304 g/mol. The quantitative estimate of drug-likeness (QED) is 0.386. The van der Waals surface area contributed by atoms with Gasteiger partial charge in [0.2, 0.25) is 0 Å². The molecule has 110 valence electrons. The predicted octanol–water partition coefficient (Wildman–Crippen LogP) is 2.41. The number of carboxylic acid groups (broad SMARTS) is 1. The van der Waals surface area contributed by atoms with Crippen LogP contribution in [0.3, 0.4) is 0 Å². The summed E-state index contributed by atoms with van der Waals surface area (Å²) in [5.41, 5.74) is 1.50. The van der Waals surface area contributed by atoms with Crippen molar-refractivity contribution in [1.82, 2.24) is 5.32 Å². The number of amidine groups is 1. The molecule has 7 heteroatoms. The molecular weight excluding hydrogens is 288 g/mol. The smallest absolute Gasteiger partial charge is 0.337 e. The van der Waals surface area contributed by atoms with Gasteiger partial charge in [-0.15, -0.1) is 0 Å². The molecule has 0 aliphatic carbocycles. The lowest BCUT2D eigenvalue weighted by Gasteiger charge is -2.20. The van der Waals surface area contributed by atoms with Crippen LogP contribution in [-0.2, 0) is 0 Å². The Kier molecular flexibility index (Phi) is 5.06. The predicted molar refractivity (Wildman–Crippen MR) is 84.2 cm³/mol. The molecule has 1 aromatic rings. The summed E-state index contributed by atoms with van der Waals surface area (Å²) in [5, 5.41) is 20.9. The summed E-state index contributed by atoms with van der Waals surface area (Å²) in [6.07, 6.45) is 5.77. The number of rotatable bonds is 3. The van der Waals surface area contributed by atoms with Crippen LogP contribution >= 0.6 is 11.8 Å². The minimum Gasteiger partial charge on any atom is -0.478 e. The maximum Gasteiger partial charge on any atom is 0.337 e. The summed E-state index contributed by atoms with van der Waals surface area (Å²) < 4.78 is 0. The molecule has 21 heavy (non-hydrogen) atoms. The average Bonchev–Trinajstić information content (AvgIpc) is 3.00. The van der Waals surface area contributed by atoms with Gasteiger partial charge in [-0.2, -0.15) is 5.26 Å². The van der Waals surface area contributed by atoms with E-state index in [1.165, 1.54) is 11.8 Å². The minimum atomic E-state index is -0.965. The maximum absolute atomic E-state index is 11.5. The zero-order chi connectivity index (χ0) is 15.2. The number of carbonyl (C=O) groups is 1. The zero-order valence-electron chi connectivity index (χ0n) is 11.7. The minimum absolute atomic E-state index is 0.246. The Hall–Kier alpha value is -2.20. The molecule has 1 aliphatic heterocycles. The molecule has 2 rings (SSSR count). The fourth-order valence-corrected chi connectivity index (χ4v) is 2.63. The topological polar surface area (TPSA) is 88.7 Å². The molecule has 0 radical (unpaired) electrons. The molecule has 1 heterocycles. The highest BCUT2D eigenvalue weighted by Gasteiger charge is 2.19. The molecule has 1 aliphatic rings. The zero-order valence-corrected chi connectivity index (χ0v) is 12.5. The van der Waals surface area contributed by atoms with Crippen LogP contribution in [0.25, 0.3) is 0 Å². The van der Waals surface area contributed by atoms with Crippen LogP contribution in [-0.4, -0.2) is 35.6 Å². The Balaban J connectivity index is 2.36. The van der Waals surface area contributed by atoms with Crippen molar-refractivity contribution < 1.29 is 9.90 Å². The summed E-state index contributed by atoms with van der Waals surface area (Å²) in [6, 6.07) is 5.11. The van der Waals surface area contributed by atoms with Crippen LogP contribution in [0, 0.1) is 11.5 Å². The van der Waals surface area contributed by atoms with Gasteiger partial charge in [0, 0.05) is 13.1 Å². The number of aliphatic imine (C=N–C) groups is 1. The van der Waals surface area contributed by atoms with E-state index in [1.807, 2.05) is 0 Å². The number of nitriles is 1. The van der Waals surface area contributed by atoms with Crippen LogP contribution in [0.15, 0.2) is 23.2 Å². The number of thioether (sulfide) groups is 1. The lowest BCUT2D eigenvalue weighted by Crippen LogP contribution is -2.20. The molecule has 0 aromatic heterocycles. The maximum atomic E-state index is 11.5. The van der Waals surface area contributed by atoms with E-state index in [2.05, 4.69) is 15.2 Å². The number of carboxylic acids is 1. The van der Waals surface area contributed by atoms with Crippen molar-refractivity contribution in [3.05, 3.63) is 23.8 Å². The molecule has 0 atom stereocenters. The third-order valence-corrected chi connectivity index (χ3v) is 3.82. The Morgan fingerprint density at radius 1 is 1.48 bits per heavy atom. The SMILES string of the molecule is CSC(=Nc1ccc(N2CCCC2)c(C(=O)O)c1)NC#N. The number of nitrogens with zero attached hydrogens (tertiary/aromatic N) is 3. The lowest BCUT2D eigenvalue weighted by molar-refractivity contribution is 0.0697. The summed E-state index contributed by atoms with van der Waals surface area (Å²) in [4.78, 5) is 17.8. The van der Waals surface area contributed by atoms with Crippen LogP contribution in [0.1, 0.15) is 23.2 Å². The first-order chi connectivity index (χ1) is 10.2. The van der Waals surface area contributed by atoms with Gasteiger partial charge in [-0.3, -0.25) is 5.32 Å². The third-order valence-electron chi connectivity index (χ3n) is 3.24. The second-order valence-electron chi connectivity index (χ2n) is 4.56. The first kappa shape index (κ1) is 15.2. The van der Waals surface area contributed by atoms with E-state index in [1.54, 1.807) is 30.6 Å². The summed E-state index contributed by atoms with van der Waals surface area (Å²) in [5.74, 6) is -0.965. The molecule has 1 aromatic carbocycles. The van der Waals surface area contributed by atoms with Crippen molar-refractivity contribution in [2.24, 2.45) is 4.99 Å². The van der Waals surface area contributed by atoms with Gasteiger partial charge in [0.15, 0.2) is 11.4 Å². The highest BCUT2D eigenvalue weighted by atomic mass is 32.2. The van der Waals surface area contributed by atoms with Gasteiger partial charge in [-0.1, -0.05) is 11.8 Å². The van der Waals surface area contributed by atoms with Gasteiger partial charge in [-0.25, -0.2) is 9.79 Å². The fourth-order valence-electron chi connectivity index (χ4n) is 2.29. The fraction of sp³-hybridized carbons (Fsp3) is 0.357. The van der Waals surface area contributed by atoms with Crippen LogP contribution < -0.4 is 10.2 Å². The van der Waals surface area contributed by atoms with Crippen molar-refractivity contribution in [1.29, 1.82) is 5.26 Å². The molecule has 1 fully saturated rings. The number of aromatic carboxylic acids is 1. The molecule has 0 saturated carbocycles. The van der Waals surface area contributed by atoms with Crippen molar-refractivity contribution >= 4 is 34.3 Å². The van der Waals surface area contributed by atoms with Crippen LogP contribution in [0.2, 0.25) is 0 Å². The molecular formula is C14H16N4O2S. The number of nitrogens with one attached hydrogen (secondary N) is 1. The summed E-state index contributed by atoms with van der Waals surface area (Å²) >= 11 is 1.29. The third kappa shape index (κ3) is 3.67. The lowest BCUT2D eigenvalue weighted by atomic mass is 10.1. The van der Waals surface area contributed by atoms with Gasteiger partial charge in [0.05, 0.1) is 16.9 Å². The first-order valence-electron chi connectivity index (χ1n) is 6.56. The first-order valence-corrected chi connectivity index (χ1v) is 7.78. The normalized spacial score (nSPS) is 14.9. The second-order valence-corrected chi connectivity index (χ2v) is 5.35. The largest absolute Gasteiger partial charge is 0.478 e. The Labute approximate surface area is 127 Å². The van der Waals surface area contributed by atoms with Crippen molar-refractivity contribution in [3.63, 3.8) is 0 Å². The number of hydrogen-bond donors (Lipinski definition) is 2. The molecule has 1 saturated heterocycles. The van der Waals surface area contributed by atoms with Crippen LogP contribution in [0.5, 0.6) is 0 Å².